The molecule has 0 aromatic carbocycles. The number of aryl methyl sites for hydroxylation is 1. The van der Waals surface area contributed by atoms with Crippen molar-refractivity contribution in [1.29, 1.82) is 5.26 Å². The maximum Gasteiger partial charge on any atom is 0.244 e. The lowest BCUT2D eigenvalue weighted by atomic mass is 9.61. The number of nitrogens with two attached hydrogens (primary N) is 1. The van der Waals surface area contributed by atoms with Crippen molar-refractivity contribution in [3.8, 4) is 11.9 Å². The molecule has 0 amide bonds. The van der Waals surface area contributed by atoms with Crippen molar-refractivity contribution < 1.29 is 4.74 Å². The Morgan fingerprint density at radius 1 is 1.60 bits per heavy atom. The predicted octanol–water partition coefficient (Wildman–Crippen LogP) is 1.01. The molecule has 0 aliphatic carbocycles. The third-order valence-corrected chi connectivity index (χ3v) is 4.69. The monoisotopic (exact) mass is 273 g/mol. The fourth-order valence-electron chi connectivity index (χ4n) is 3.73. The zero-order valence-corrected chi connectivity index (χ0v) is 12.0. The average molecular weight is 273 g/mol. The predicted molar refractivity (Wildman–Crippen MR) is 73.7 cm³/mol. The Balaban J connectivity index is 2.25. The Kier molecular flexibility index (Phi) is 2.76. The van der Waals surface area contributed by atoms with Crippen LogP contribution in [-0.2, 0) is 5.41 Å². The number of nitrogens with one attached hydrogen (secondary N) is 1. The molecule has 1 aromatic heterocycles. The number of ether oxygens (including phenoxy) is 1. The molecular weight excluding hydrogens is 254 g/mol. The second kappa shape index (κ2) is 4.25. The normalized spacial score (nSPS) is 30.0. The lowest BCUT2D eigenvalue weighted by molar-refractivity contribution is 0.135. The van der Waals surface area contributed by atoms with Crippen LogP contribution in [0.5, 0.6) is 5.88 Å². The van der Waals surface area contributed by atoms with Crippen molar-refractivity contribution in [2.24, 2.45) is 11.7 Å². The van der Waals surface area contributed by atoms with Crippen LogP contribution in [0.4, 0.5) is 0 Å². The van der Waals surface area contributed by atoms with Crippen LogP contribution in [0.2, 0.25) is 0 Å². The molecule has 0 saturated carbocycles. The SMILES string of the molecule is Cc1[nH]nc2c1[C@@]1(CCN(C)C[C@@H]1C)C(C#N)=C(N)O2. The number of allylic oxidation sites excluding steroid dienone is 1. The van der Waals surface area contributed by atoms with Gasteiger partial charge in [-0.05, 0) is 32.9 Å². The first kappa shape index (κ1) is 13.0. The standard InChI is InChI=1S/C14H19N5O/c1-8-7-19(3)5-4-14(8)10(6-15)12(16)20-13-11(14)9(2)17-18-13/h8H,4-5,7,16H2,1-3H3,(H,17,18)/t8-,14+/m0/s1. The highest BCUT2D eigenvalue weighted by molar-refractivity contribution is 5.55. The van der Waals surface area contributed by atoms with Crippen molar-refractivity contribution in [2.75, 3.05) is 20.1 Å². The van der Waals surface area contributed by atoms with E-state index in [2.05, 4.69) is 35.1 Å². The molecule has 1 aromatic rings. The first-order valence-electron chi connectivity index (χ1n) is 6.83. The minimum Gasteiger partial charge on any atom is -0.420 e. The molecular formula is C14H19N5O. The van der Waals surface area contributed by atoms with Crippen molar-refractivity contribution in [3.63, 3.8) is 0 Å². The highest BCUT2D eigenvalue weighted by atomic mass is 16.5. The van der Waals surface area contributed by atoms with Gasteiger partial charge in [0.25, 0.3) is 0 Å². The third-order valence-electron chi connectivity index (χ3n) is 4.69. The van der Waals surface area contributed by atoms with E-state index in [1.54, 1.807) is 0 Å². The Bertz CT molecular complexity index is 626. The van der Waals surface area contributed by atoms with Crippen LogP contribution in [0.25, 0.3) is 0 Å². The molecule has 0 bridgehead atoms. The van der Waals surface area contributed by atoms with Crippen LogP contribution in [0.1, 0.15) is 24.6 Å². The molecule has 3 heterocycles. The van der Waals surface area contributed by atoms with Gasteiger partial charge in [-0.15, -0.1) is 5.10 Å². The zero-order valence-electron chi connectivity index (χ0n) is 12.0. The molecule has 2 aliphatic rings. The summed E-state index contributed by atoms with van der Waals surface area (Å²) in [4.78, 5) is 2.28. The van der Waals surface area contributed by atoms with Crippen molar-refractivity contribution in [2.45, 2.75) is 25.7 Å². The summed E-state index contributed by atoms with van der Waals surface area (Å²) in [5.74, 6) is 0.992. The number of fused-ring (bicyclic) bond motifs is 2. The maximum absolute atomic E-state index is 9.60. The second-order valence-corrected chi connectivity index (χ2v) is 5.87. The average Bonchev–Trinajstić information content (AvgIpc) is 2.76. The first-order valence-corrected chi connectivity index (χ1v) is 6.83. The van der Waals surface area contributed by atoms with Crippen LogP contribution < -0.4 is 10.5 Å². The van der Waals surface area contributed by atoms with E-state index in [1.807, 2.05) is 6.92 Å². The molecule has 0 unspecified atom stereocenters. The molecule has 106 valence electrons. The van der Waals surface area contributed by atoms with Gasteiger partial charge in [0, 0.05) is 23.2 Å². The van der Waals surface area contributed by atoms with Crippen molar-refractivity contribution in [1.82, 2.24) is 15.1 Å². The van der Waals surface area contributed by atoms with Gasteiger partial charge < -0.3 is 15.4 Å². The Labute approximate surface area is 118 Å². The van der Waals surface area contributed by atoms with Gasteiger partial charge in [-0.3, -0.25) is 5.10 Å². The van der Waals surface area contributed by atoms with Crippen LogP contribution in [0.3, 0.4) is 0 Å². The first-order chi connectivity index (χ1) is 9.50. The molecule has 6 heteroatoms. The minimum absolute atomic E-state index is 0.197. The number of nitrogens with zero attached hydrogens (tertiary/aromatic N) is 3. The number of piperidine rings is 1. The van der Waals surface area contributed by atoms with E-state index < -0.39 is 0 Å². The van der Waals surface area contributed by atoms with E-state index in [0.29, 0.717) is 11.5 Å². The summed E-state index contributed by atoms with van der Waals surface area (Å²) in [5, 5.41) is 16.8. The highest BCUT2D eigenvalue weighted by Crippen LogP contribution is 2.51. The number of hydrogen-bond acceptors (Lipinski definition) is 5. The number of hydrogen-bond donors (Lipinski definition) is 2. The van der Waals surface area contributed by atoms with E-state index >= 15 is 0 Å². The summed E-state index contributed by atoms with van der Waals surface area (Å²) >= 11 is 0. The van der Waals surface area contributed by atoms with Crippen LogP contribution >= 0.6 is 0 Å². The zero-order chi connectivity index (χ0) is 14.5. The molecule has 3 N–H and O–H groups in total. The molecule has 6 nitrogen and oxygen atoms in total. The van der Waals surface area contributed by atoms with Gasteiger partial charge in [-0.25, -0.2) is 0 Å². The fourth-order valence-corrected chi connectivity index (χ4v) is 3.73. The Hall–Kier alpha value is -2.00. The topological polar surface area (TPSA) is 91.0 Å². The largest absolute Gasteiger partial charge is 0.420 e. The summed E-state index contributed by atoms with van der Waals surface area (Å²) in [7, 11) is 2.10. The summed E-state index contributed by atoms with van der Waals surface area (Å²) in [6.45, 7) is 5.98. The van der Waals surface area contributed by atoms with Crippen LogP contribution in [-0.4, -0.2) is 35.2 Å². The molecule has 1 fully saturated rings. The molecule has 2 atom stereocenters. The molecule has 2 aliphatic heterocycles. The lowest BCUT2D eigenvalue weighted by Crippen LogP contribution is -2.51. The molecule has 20 heavy (non-hydrogen) atoms. The fraction of sp³-hybridized carbons (Fsp3) is 0.571. The molecule has 3 rings (SSSR count). The lowest BCUT2D eigenvalue weighted by Gasteiger charge is -2.47. The van der Waals surface area contributed by atoms with Crippen molar-refractivity contribution in [3.05, 3.63) is 22.7 Å². The third kappa shape index (κ3) is 1.50. The number of aromatic nitrogens is 2. The van der Waals surface area contributed by atoms with Crippen LogP contribution in [0.15, 0.2) is 11.5 Å². The summed E-state index contributed by atoms with van der Waals surface area (Å²) in [5.41, 5.74) is 8.11. The van der Waals surface area contributed by atoms with Gasteiger partial charge in [0.15, 0.2) is 0 Å². The quantitative estimate of drug-likeness (QED) is 0.736. The van der Waals surface area contributed by atoms with E-state index in [1.165, 1.54) is 0 Å². The van der Waals surface area contributed by atoms with Crippen molar-refractivity contribution >= 4 is 0 Å². The summed E-state index contributed by atoms with van der Waals surface area (Å²) in [6, 6.07) is 2.29. The maximum atomic E-state index is 9.60. The van der Waals surface area contributed by atoms with Gasteiger partial charge in [0.2, 0.25) is 11.8 Å². The number of aromatic amines is 1. The number of likely N-dealkylation sites (tertiary alicyclic amines) is 1. The molecule has 0 radical (unpaired) electrons. The van der Waals surface area contributed by atoms with Gasteiger partial charge >= 0.3 is 0 Å². The summed E-state index contributed by atoms with van der Waals surface area (Å²) in [6.07, 6.45) is 0.852. The van der Waals surface area contributed by atoms with E-state index in [-0.39, 0.29) is 17.2 Å². The van der Waals surface area contributed by atoms with Gasteiger partial charge in [-0.1, -0.05) is 6.92 Å². The highest BCUT2D eigenvalue weighted by Gasteiger charge is 2.52. The summed E-state index contributed by atoms with van der Waals surface area (Å²) < 4.78 is 5.54. The van der Waals surface area contributed by atoms with Gasteiger partial charge in [0.1, 0.15) is 11.6 Å². The van der Waals surface area contributed by atoms with Gasteiger partial charge in [0.05, 0.1) is 0 Å². The number of H-pyrrole nitrogens is 1. The Morgan fingerprint density at radius 3 is 3.00 bits per heavy atom. The van der Waals surface area contributed by atoms with Gasteiger partial charge in [-0.2, -0.15) is 5.26 Å². The van der Waals surface area contributed by atoms with E-state index in [4.69, 9.17) is 10.5 Å². The number of rotatable bonds is 0. The minimum atomic E-state index is -0.379. The van der Waals surface area contributed by atoms with E-state index in [0.717, 1.165) is 30.8 Å². The Morgan fingerprint density at radius 2 is 2.35 bits per heavy atom. The molecule has 1 spiro atoms. The molecule has 1 saturated heterocycles. The second-order valence-electron chi connectivity index (χ2n) is 5.87. The number of nitriles is 1. The smallest absolute Gasteiger partial charge is 0.244 e. The van der Waals surface area contributed by atoms with E-state index in [9.17, 15) is 5.26 Å². The van der Waals surface area contributed by atoms with Crippen LogP contribution in [0, 0.1) is 24.2 Å².